The molecular formula is C13H9Cl3N2OS. The van der Waals surface area contributed by atoms with Crippen molar-refractivity contribution in [3.63, 3.8) is 0 Å². The highest BCUT2D eigenvalue weighted by atomic mass is 35.5. The van der Waals surface area contributed by atoms with E-state index < -0.39 is 4.33 Å². The highest BCUT2D eigenvalue weighted by Crippen LogP contribution is 2.53. The van der Waals surface area contributed by atoms with Crippen LogP contribution >= 0.6 is 46.1 Å². The number of thiazole rings is 1. The number of rotatable bonds is 3. The van der Waals surface area contributed by atoms with Gasteiger partial charge in [0.05, 0.1) is 11.6 Å². The van der Waals surface area contributed by atoms with Crippen LogP contribution in [0.3, 0.4) is 0 Å². The lowest BCUT2D eigenvalue weighted by molar-refractivity contribution is -0.117. The van der Waals surface area contributed by atoms with E-state index in [1.807, 2.05) is 23.6 Å². The maximum Gasteiger partial charge on any atom is 0.232 e. The van der Waals surface area contributed by atoms with Gasteiger partial charge in [0.2, 0.25) is 5.91 Å². The lowest BCUT2D eigenvalue weighted by Gasteiger charge is -2.01. The van der Waals surface area contributed by atoms with Crippen molar-refractivity contribution in [2.75, 3.05) is 5.32 Å². The van der Waals surface area contributed by atoms with Crippen molar-refractivity contribution < 1.29 is 4.79 Å². The van der Waals surface area contributed by atoms with Crippen LogP contribution in [0.1, 0.15) is 6.42 Å². The Labute approximate surface area is 134 Å². The summed E-state index contributed by atoms with van der Waals surface area (Å²) < 4.78 is -0.924. The summed E-state index contributed by atoms with van der Waals surface area (Å²) in [6.07, 6.45) is 0.477. The van der Waals surface area contributed by atoms with Gasteiger partial charge in [-0.2, -0.15) is 0 Å². The number of benzene rings is 1. The minimum Gasteiger partial charge on any atom is -0.302 e. The van der Waals surface area contributed by atoms with E-state index in [0.717, 1.165) is 11.3 Å². The molecule has 1 fully saturated rings. The molecule has 0 saturated heterocycles. The summed E-state index contributed by atoms with van der Waals surface area (Å²) in [5.41, 5.74) is 1.57. The number of nitrogens with one attached hydrogen (secondary N) is 1. The molecule has 1 unspecified atom stereocenters. The van der Waals surface area contributed by atoms with E-state index >= 15 is 0 Å². The molecule has 0 bridgehead atoms. The van der Waals surface area contributed by atoms with Crippen molar-refractivity contribution in [2.24, 2.45) is 5.92 Å². The first-order valence-corrected chi connectivity index (χ1v) is 7.88. The third-order valence-corrected chi connectivity index (χ3v) is 4.95. The summed E-state index contributed by atoms with van der Waals surface area (Å²) in [7, 11) is 0. The Morgan fingerprint density at radius 2 is 2.10 bits per heavy atom. The monoisotopic (exact) mass is 346 g/mol. The second-order valence-corrected chi connectivity index (χ2v) is 7.33. The summed E-state index contributed by atoms with van der Waals surface area (Å²) in [6, 6.07) is 7.42. The molecule has 1 N–H and O–H groups in total. The third kappa shape index (κ3) is 2.79. The van der Waals surface area contributed by atoms with Gasteiger partial charge in [-0.25, -0.2) is 4.98 Å². The number of amides is 1. The van der Waals surface area contributed by atoms with Gasteiger partial charge in [0.1, 0.15) is 4.33 Å². The van der Waals surface area contributed by atoms with Crippen LogP contribution < -0.4 is 5.32 Å². The average molecular weight is 348 g/mol. The van der Waals surface area contributed by atoms with Gasteiger partial charge in [0.25, 0.3) is 0 Å². The molecule has 1 atom stereocenters. The molecule has 1 saturated carbocycles. The quantitative estimate of drug-likeness (QED) is 0.825. The molecule has 1 aromatic heterocycles. The van der Waals surface area contributed by atoms with Crippen LogP contribution in [0.4, 0.5) is 5.13 Å². The minimum absolute atomic E-state index is 0.199. The highest BCUT2D eigenvalue weighted by molar-refractivity contribution is 7.14. The van der Waals surface area contributed by atoms with Crippen molar-refractivity contribution >= 4 is 57.2 Å². The zero-order valence-corrected chi connectivity index (χ0v) is 13.2. The van der Waals surface area contributed by atoms with E-state index in [1.165, 1.54) is 11.3 Å². The van der Waals surface area contributed by atoms with E-state index in [4.69, 9.17) is 34.8 Å². The van der Waals surface area contributed by atoms with E-state index in [9.17, 15) is 4.79 Å². The molecule has 1 amide bonds. The summed E-state index contributed by atoms with van der Waals surface area (Å²) >= 11 is 19.2. The number of alkyl halides is 2. The largest absolute Gasteiger partial charge is 0.302 e. The molecule has 1 heterocycles. The summed E-state index contributed by atoms with van der Waals surface area (Å²) in [5.74, 6) is -0.562. The second-order valence-electron chi connectivity index (χ2n) is 4.52. The van der Waals surface area contributed by atoms with Crippen molar-refractivity contribution in [1.29, 1.82) is 0 Å². The minimum atomic E-state index is -0.924. The number of nitrogens with zero attached hydrogens (tertiary/aromatic N) is 1. The summed E-state index contributed by atoms with van der Waals surface area (Å²) in [6.45, 7) is 0. The Morgan fingerprint density at radius 3 is 2.75 bits per heavy atom. The van der Waals surface area contributed by atoms with Crippen LogP contribution in [0, 0.1) is 5.92 Å². The number of hydrogen-bond donors (Lipinski definition) is 1. The standard InChI is InChI=1S/C13H9Cl3N2OS/c14-9-4-2-1-3-7(9)10-6-20-12(17-10)18-11(19)8-5-13(8,15)16/h1-4,6,8H,5H2,(H,17,18,19). The van der Waals surface area contributed by atoms with Gasteiger partial charge < -0.3 is 5.32 Å². The van der Waals surface area contributed by atoms with Crippen LogP contribution in [-0.2, 0) is 4.79 Å². The molecule has 2 aromatic rings. The topological polar surface area (TPSA) is 42.0 Å². The first kappa shape index (κ1) is 14.1. The molecule has 3 nitrogen and oxygen atoms in total. The van der Waals surface area contributed by atoms with E-state index in [-0.39, 0.29) is 11.8 Å². The maximum absolute atomic E-state index is 11.9. The van der Waals surface area contributed by atoms with Crippen LogP contribution in [0.25, 0.3) is 11.3 Å². The van der Waals surface area contributed by atoms with Crippen LogP contribution in [0.2, 0.25) is 5.02 Å². The van der Waals surface area contributed by atoms with E-state index in [1.54, 1.807) is 6.07 Å². The molecule has 104 valence electrons. The normalized spacial score (nSPS) is 19.6. The van der Waals surface area contributed by atoms with Gasteiger partial charge in [0, 0.05) is 16.0 Å². The molecule has 7 heteroatoms. The highest BCUT2D eigenvalue weighted by Gasteiger charge is 2.56. The molecule has 1 aromatic carbocycles. The van der Waals surface area contributed by atoms with Crippen LogP contribution in [0.15, 0.2) is 29.6 Å². The number of carbonyl (C=O) groups is 1. The Hall–Kier alpha value is -0.810. The first-order valence-electron chi connectivity index (χ1n) is 5.86. The fraction of sp³-hybridized carbons (Fsp3) is 0.231. The third-order valence-electron chi connectivity index (χ3n) is 3.03. The summed E-state index contributed by atoms with van der Waals surface area (Å²) in [4.78, 5) is 16.2. The average Bonchev–Trinajstić information content (AvgIpc) is 2.83. The lowest BCUT2D eigenvalue weighted by atomic mass is 10.2. The SMILES string of the molecule is O=C(Nc1nc(-c2ccccc2Cl)cs1)C1CC1(Cl)Cl. The Balaban J connectivity index is 1.75. The predicted molar refractivity (Wildman–Crippen MR) is 83.7 cm³/mol. The number of halogens is 3. The predicted octanol–water partition coefficient (Wildman–Crippen LogP) is 4.60. The number of anilines is 1. The molecule has 0 spiro atoms. The fourth-order valence-electron chi connectivity index (χ4n) is 1.81. The molecular weight excluding hydrogens is 339 g/mol. The Morgan fingerprint density at radius 1 is 1.40 bits per heavy atom. The smallest absolute Gasteiger partial charge is 0.232 e. The Bertz CT molecular complexity index is 671. The molecule has 1 aliphatic carbocycles. The molecule has 20 heavy (non-hydrogen) atoms. The molecule has 1 aliphatic rings. The number of hydrogen-bond acceptors (Lipinski definition) is 3. The van der Waals surface area contributed by atoms with Gasteiger partial charge >= 0.3 is 0 Å². The van der Waals surface area contributed by atoms with Crippen molar-refractivity contribution in [2.45, 2.75) is 10.8 Å². The molecule has 0 radical (unpaired) electrons. The Kier molecular flexibility index (Phi) is 3.67. The lowest BCUT2D eigenvalue weighted by Crippen LogP contribution is -2.16. The zero-order valence-electron chi connectivity index (χ0n) is 10.1. The fourth-order valence-corrected chi connectivity index (χ4v) is 3.27. The zero-order chi connectivity index (χ0) is 14.3. The van der Waals surface area contributed by atoms with E-state index in [2.05, 4.69) is 10.3 Å². The van der Waals surface area contributed by atoms with Crippen LogP contribution in [-0.4, -0.2) is 15.2 Å². The van der Waals surface area contributed by atoms with Crippen molar-refractivity contribution in [1.82, 2.24) is 4.98 Å². The number of carbonyl (C=O) groups excluding carboxylic acids is 1. The van der Waals surface area contributed by atoms with Gasteiger partial charge in [0.15, 0.2) is 5.13 Å². The van der Waals surface area contributed by atoms with Crippen molar-refractivity contribution in [3.05, 3.63) is 34.7 Å². The molecule has 3 rings (SSSR count). The van der Waals surface area contributed by atoms with E-state index in [0.29, 0.717) is 16.6 Å². The van der Waals surface area contributed by atoms with Gasteiger partial charge in [-0.1, -0.05) is 29.8 Å². The van der Waals surface area contributed by atoms with Crippen molar-refractivity contribution in [3.8, 4) is 11.3 Å². The van der Waals surface area contributed by atoms with Crippen LogP contribution in [0.5, 0.6) is 0 Å². The maximum atomic E-state index is 11.9. The van der Waals surface area contributed by atoms with Gasteiger partial charge in [-0.05, 0) is 12.5 Å². The molecule has 0 aliphatic heterocycles. The van der Waals surface area contributed by atoms with Gasteiger partial charge in [-0.3, -0.25) is 4.79 Å². The number of aromatic nitrogens is 1. The van der Waals surface area contributed by atoms with Gasteiger partial charge in [-0.15, -0.1) is 34.5 Å². The summed E-state index contributed by atoms with van der Waals surface area (Å²) in [5, 5.41) is 5.71. The first-order chi connectivity index (χ1) is 9.47. The second kappa shape index (κ2) is 5.19.